The van der Waals surface area contributed by atoms with Gasteiger partial charge in [0.25, 0.3) is 0 Å². The van der Waals surface area contributed by atoms with E-state index in [1.807, 2.05) is 0 Å². The third-order valence-electron chi connectivity index (χ3n) is 4.90. The number of benzene rings is 1. The van der Waals surface area contributed by atoms with Gasteiger partial charge in [-0.15, -0.1) is 10.2 Å². The Balaban J connectivity index is 1.48. The maximum atomic E-state index is 13.7. The Bertz CT molecular complexity index is 754. The second-order valence-corrected chi connectivity index (χ2v) is 8.91. The van der Waals surface area contributed by atoms with E-state index in [2.05, 4.69) is 34.7 Å². The number of amides is 1. The number of para-hydroxylation sites is 1. The van der Waals surface area contributed by atoms with Gasteiger partial charge in [-0.3, -0.25) is 4.79 Å². The predicted molar refractivity (Wildman–Crippen MR) is 104 cm³/mol. The van der Waals surface area contributed by atoms with Crippen LogP contribution in [0.2, 0.25) is 0 Å². The van der Waals surface area contributed by atoms with E-state index in [1.165, 1.54) is 42.0 Å². The second-order valence-electron chi connectivity index (χ2n) is 6.71. The highest BCUT2D eigenvalue weighted by molar-refractivity contribution is 8.01. The molecule has 1 fully saturated rings. The number of nitrogens with zero attached hydrogens (tertiary/aromatic N) is 2. The summed E-state index contributed by atoms with van der Waals surface area (Å²) in [5.41, 5.74) is 0.360. The molecule has 26 heavy (non-hydrogen) atoms. The summed E-state index contributed by atoms with van der Waals surface area (Å²) in [6.45, 7) is 4.47. The number of halogens is 1. The lowest BCUT2D eigenvalue weighted by atomic mass is 9.78. The number of hydrogen-bond donors (Lipinski definition) is 2. The predicted octanol–water partition coefficient (Wildman–Crippen LogP) is 4.45. The average molecular weight is 395 g/mol. The largest absolute Gasteiger partial charge is 0.352 e. The van der Waals surface area contributed by atoms with Crippen molar-refractivity contribution in [3.63, 3.8) is 0 Å². The first-order valence-electron chi connectivity index (χ1n) is 8.80. The van der Waals surface area contributed by atoms with Crippen LogP contribution < -0.4 is 10.6 Å². The van der Waals surface area contributed by atoms with Gasteiger partial charge in [0.2, 0.25) is 11.0 Å². The number of thioether (sulfide) groups is 1. The van der Waals surface area contributed by atoms with Gasteiger partial charge in [0.1, 0.15) is 5.82 Å². The zero-order chi connectivity index (χ0) is 18.5. The fourth-order valence-electron chi connectivity index (χ4n) is 3.16. The summed E-state index contributed by atoms with van der Waals surface area (Å²) in [4.78, 5) is 12.2. The fraction of sp³-hybridized carbons (Fsp3) is 0.500. The molecule has 0 aliphatic heterocycles. The molecule has 0 bridgehead atoms. The van der Waals surface area contributed by atoms with Crippen molar-refractivity contribution in [2.45, 2.75) is 43.5 Å². The molecule has 1 aromatic carbocycles. The van der Waals surface area contributed by atoms with Crippen LogP contribution in [0, 0.1) is 17.7 Å². The van der Waals surface area contributed by atoms with Crippen LogP contribution in [0.5, 0.6) is 0 Å². The van der Waals surface area contributed by atoms with Crippen molar-refractivity contribution in [2.75, 3.05) is 11.1 Å². The molecule has 8 heteroatoms. The minimum absolute atomic E-state index is 0.0276. The SMILES string of the molecule is C[C@@H]1[C@H](C)CCC[C@H]1NC(=O)CSc1nnc(Nc2ccccc2F)s1. The van der Waals surface area contributed by atoms with E-state index in [-0.39, 0.29) is 17.8 Å². The van der Waals surface area contributed by atoms with E-state index in [0.717, 1.165) is 6.42 Å². The number of carbonyl (C=O) groups excluding carboxylic acids is 1. The van der Waals surface area contributed by atoms with Gasteiger partial charge in [0.05, 0.1) is 11.4 Å². The van der Waals surface area contributed by atoms with Crippen molar-refractivity contribution in [2.24, 2.45) is 11.8 Å². The Hall–Kier alpha value is -1.67. The highest BCUT2D eigenvalue weighted by atomic mass is 32.2. The van der Waals surface area contributed by atoms with Crippen LogP contribution in [0.3, 0.4) is 0 Å². The van der Waals surface area contributed by atoms with Crippen LogP contribution in [0.4, 0.5) is 15.2 Å². The summed E-state index contributed by atoms with van der Waals surface area (Å²) in [5.74, 6) is 1.16. The molecular weight excluding hydrogens is 371 g/mol. The van der Waals surface area contributed by atoms with Gasteiger partial charge < -0.3 is 10.6 Å². The summed E-state index contributed by atoms with van der Waals surface area (Å²) >= 11 is 2.66. The molecule has 1 aromatic heterocycles. The maximum Gasteiger partial charge on any atom is 0.230 e. The summed E-state index contributed by atoms with van der Waals surface area (Å²) < 4.78 is 14.3. The minimum Gasteiger partial charge on any atom is -0.352 e. The number of hydrogen-bond acceptors (Lipinski definition) is 6. The molecule has 1 amide bonds. The molecule has 1 aliphatic rings. The first-order chi connectivity index (χ1) is 12.5. The highest BCUT2D eigenvalue weighted by Gasteiger charge is 2.28. The normalized spacial score (nSPS) is 22.8. The first-order valence-corrected chi connectivity index (χ1v) is 10.6. The molecule has 2 N–H and O–H groups in total. The quantitative estimate of drug-likeness (QED) is 0.709. The lowest BCUT2D eigenvalue weighted by Crippen LogP contribution is -2.44. The van der Waals surface area contributed by atoms with E-state index in [1.54, 1.807) is 18.2 Å². The molecule has 0 saturated heterocycles. The number of carbonyl (C=O) groups is 1. The number of anilines is 2. The van der Waals surface area contributed by atoms with Crippen molar-refractivity contribution in [3.05, 3.63) is 30.1 Å². The summed E-state index contributed by atoms with van der Waals surface area (Å²) in [6, 6.07) is 6.67. The average Bonchev–Trinajstić information content (AvgIpc) is 3.07. The molecule has 2 aromatic rings. The molecule has 3 rings (SSSR count). The summed E-state index contributed by atoms with van der Waals surface area (Å²) in [5, 5.41) is 14.6. The molecular formula is C18H23FN4OS2. The zero-order valence-corrected chi connectivity index (χ0v) is 16.5. The zero-order valence-electron chi connectivity index (χ0n) is 14.9. The second kappa shape index (κ2) is 8.81. The monoisotopic (exact) mass is 394 g/mol. The van der Waals surface area contributed by atoms with E-state index in [4.69, 9.17) is 0 Å². The fourth-order valence-corrected chi connectivity index (χ4v) is 4.73. The van der Waals surface area contributed by atoms with E-state index in [9.17, 15) is 9.18 Å². The van der Waals surface area contributed by atoms with Gasteiger partial charge in [0, 0.05) is 6.04 Å². The van der Waals surface area contributed by atoms with Crippen LogP contribution in [0.25, 0.3) is 0 Å². The molecule has 3 atom stereocenters. The highest BCUT2D eigenvalue weighted by Crippen LogP contribution is 2.30. The van der Waals surface area contributed by atoms with Crippen LogP contribution in [0.1, 0.15) is 33.1 Å². The van der Waals surface area contributed by atoms with Gasteiger partial charge in [-0.25, -0.2) is 4.39 Å². The summed E-state index contributed by atoms with van der Waals surface area (Å²) in [6.07, 6.45) is 3.47. The van der Waals surface area contributed by atoms with Gasteiger partial charge in [-0.2, -0.15) is 0 Å². The molecule has 140 valence electrons. The standard InChI is InChI=1S/C18H23FN4OS2/c1-11-6-5-9-14(12(11)2)20-16(24)10-25-18-23-22-17(26-18)21-15-8-4-3-7-13(15)19/h3-4,7-8,11-12,14H,5-6,9-10H2,1-2H3,(H,20,24)(H,21,22)/t11-,12-,14-/m1/s1. The van der Waals surface area contributed by atoms with Crippen molar-refractivity contribution < 1.29 is 9.18 Å². The number of nitrogens with one attached hydrogen (secondary N) is 2. The van der Waals surface area contributed by atoms with Gasteiger partial charge in [-0.1, -0.05) is 61.9 Å². The van der Waals surface area contributed by atoms with Crippen molar-refractivity contribution in [1.29, 1.82) is 0 Å². The smallest absolute Gasteiger partial charge is 0.230 e. The molecule has 0 radical (unpaired) electrons. The Morgan fingerprint density at radius 1 is 1.31 bits per heavy atom. The molecule has 0 unspecified atom stereocenters. The van der Waals surface area contributed by atoms with Gasteiger partial charge >= 0.3 is 0 Å². The van der Waals surface area contributed by atoms with E-state index in [0.29, 0.717) is 32.7 Å². The molecule has 5 nitrogen and oxygen atoms in total. The Morgan fingerprint density at radius 3 is 2.92 bits per heavy atom. The minimum atomic E-state index is -0.341. The van der Waals surface area contributed by atoms with Crippen molar-refractivity contribution in [1.82, 2.24) is 15.5 Å². The van der Waals surface area contributed by atoms with Crippen LogP contribution in [-0.2, 0) is 4.79 Å². The number of aromatic nitrogens is 2. The first kappa shape index (κ1) is 19.1. The third-order valence-corrected chi connectivity index (χ3v) is 6.87. The van der Waals surface area contributed by atoms with Crippen molar-refractivity contribution in [3.8, 4) is 0 Å². The van der Waals surface area contributed by atoms with Crippen LogP contribution in [-0.4, -0.2) is 27.9 Å². The lowest BCUT2D eigenvalue weighted by molar-refractivity contribution is -0.119. The van der Waals surface area contributed by atoms with E-state index >= 15 is 0 Å². The molecule has 1 aliphatic carbocycles. The van der Waals surface area contributed by atoms with Crippen molar-refractivity contribution >= 4 is 39.8 Å². The van der Waals surface area contributed by atoms with Gasteiger partial charge in [-0.05, 0) is 30.4 Å². The van der Waals surface area contributed by atoms with Crippen LogP contribution >= 0.6 is 23.1 Å². The lowest BCUT2D eigenvalue weighted by Gasteiger charge is -2.34. The Kier molecular flexibility index (Phi) is 6.48. The summed E-state index contributed by atoms with van der Waals surface area (Å²) in [7, 11) is 0. The molecule has 1 saturated carbocycles. The maximum absolute atomic E-state index is 13.7. The van der Waals surface area contributed by atoms with Crippen LogP contribution in [0.15, 0.2) is 28.6 Å². The molecule has 0 spiro atoms. The molecule has 1 heterocycles. The van der Waals surface area contributed by atoms with Gasteiger partial charge in [0.15, 0.2) is 4.34 Å². The third kappa shape index (κ3) is 4.94. The topological polar surface area (TPSA) is 66.9 Å². The Morgan fingerprint density at radius 2 is 2.12 bits per heavy atom. The number of rotatable bonds is 6. The van der Waals surface area contributed by atoms with E-state index < -0.39 is 0 Å². The Labute approximate surface area is 161 Å².